The van der Waals surface area contributed by atoms with Crippen molar-refractivity contribution in [3.05, 3.63) is 77.0 Å². The lowest BCUT2D eigenvalue weighted by Crippen LogP contribution is -2.48. The zero-order valence-corrected chi connectivity index (χ0v) is 18.8. The first-order chi connectivity index (χ1) is 15.0. The van der Waals surface area contributed by atoms with Gasteiger partial charge in [-0.2, -0.15) is 0 Å². The molecule has 0 aliphatic carbocycles. The van der Waals surface area contributed by atoms with E-state index in [1.165, 1.54) is 16.7 Å². The van der Waals surface area contributed by atoms with Crippen molar-refractivity contribution in [1.29, 1.82) is 0 Å². The molecule has 3 aromatic rings. The molecule has 1 aromatic heterocycles. The van der Waals surface area contributed by atoms with Crippen molar-refractivity contribution in [2.24, 2.45) is 0 Å². The second-order valence-corrected chi connectivity index (χ2v) is 8.60. The van der Waals surface area contributed by atoms with Crippen LogP contribution in [0.5, 0.6) is 0 Å². The summed E-state index contributed by atoms with van der Waals surface area (Å²) in [4.78, 5) is 14.7. The predicted octanol–water partition coefficient (Wildman–Crippen LogP) is 3.85. The van der Waals surface area contributed by atoms with E-state index in [0.717, 1.165) is 62.0 Å². The lowest BCUT2D eigenvalue weighted by Gasteiger charge is -2.37. The number of piperazine rings is 1. The number of aliphatic hydroxyl groups is 1. The van der Waals surface area contributed by atoms with Crippen molar-refractivity contribution in [3.63, 3.8) is 0 Å². The fourth-order valence-corrected chi connectivity index (χ4v) is 4.19. The third-order valence-corrected chi connectivity index (χ3v) is 5.92. The van der Waals surface area contributed by atoms with Crippen molar-refractivity contribution < 1.29 is 5.11 Å². The quantitative estimate of drug-likeness (QED) is 0.661. The van der Waals surface area contributed by atoms with Gasteiger partial charge in [-0.05, 0) is 26.3 Å². The maximum Gasteiger partial charge on any atom is 0.161 e. The molecule has 1 N–H and O–H groups in total. The molecule has 162 valence electrons. The zero-order chi connectivity index (χ0) is 21.8. The number of aryl methyl sites for hydroxylation is 2. The molecular weight excluding hydrogens is 384 g/mol. The van der Waals surface area contributed by atoms with Crippen molar-refractivity contribution in [2.45, 2.75) is 33.3 Å². The molecule has 1 fully saturated rings. The Bertz CT molecular complexity index is 994. The van der Waals surface area contributed by atoms with Gasteiger partial charge in [-0.3, -0.25) is 4.90 Å². The lowest BCUT2D eigenvalue weighted by atomic mass is 10.0. The number of aliphatic hydroxyl groups excluding tert-OH is 1. The fourth-order valence-electron chi connectivity index (χ4n) is 4.19. The normalized spacial score (nSPS) is 15.8. The molecule has 31 heavy (non-hydrogen) atoms. The van der Waals surface area contributed by atoms with E-state index >= 15 is 0 Å². The van der Waals surface area contributed by atoms with Crippen LogP contribution in [0.4, 0.5) is 5.82 Å². The van der Waals surface area contributed by atoms with Crippen LogP contribution in [0.3, 0.4) is 0 Å². The minimum Gasteiger partial charge on any atom is -0.392 e. The van der Waals surface area contributed by atoms with E-state index in [0.29, 0.717) is 0 Å². The van der Waals surface area contributed by atoms with Gasteiger partial charge in [0.15, 0.2) is 5.82 Å². The van der Waals surface area contributed by atoms with Crippen LogP contribution in [0, 0.1) is 13.8 Å². The smallest absolute Gasteiger partial charge is 0.161 e. The molecule has 0 amide bonds. The van der Waals surface area contributed by atoms with Gasteiger partial charge >= 0.3 is 0 Å². The van der Waals surface area contributed by atoms with Gasteiger partial charge in [-0.25, -0.2) is 9.97 Å². The highest BCUT2D eigenvalue weighted by atomic mass is 16.3. The highest BCUT2D eigenvalue weighted by Crippen LogP contribution is 2.28. The van der Waals surface area contributed by atoms with E-state index < -0.39 is 0 Å². The topological polar surface area (TPSA) is 52.5 Å². The highest BCUT2D eigenvalue weighted by molar-refractivity contribution is 5.61. The minimum atomic E-state index is -0.297. The summed E-state index contributed by atoms with van der Waals surface area (Å²) in [6.07, 6.45) is 0.527. The molecule has 1 atom stereocenters. The second kappa shape index (κ2) is 9.58. The molecule has 2 heterocycles. The maximum absolute atomic E-state index is 9.74. The van der Waals surface area contributed by atoms with E-state index in [1.807, 2.05) is 25.1 Å². The van der Waals surface area contributed by atoms with Crippen LogP contribution in [0.1, 0.15) is 29.3 Å². The summed E-state index contributed by atoms with van der Waals surface area (Å²) in [5.74, 6) is 1.83. The fraction of sp³-hybridized carbons (Fsp3) is 0.385. The number of hydrogen-bond acceptors (Lipinski definition) is 5. The van der Waals surface area contributed by atoms with Crippen LogP contribution in [-0.4, -0.2) is 58.8 Å². The van der Waals surface area contributed by atoms with Gasteiger partial charge in [0.25, 0.3) is 0 Å². The Labute approximate surface area is 185 Å². The van der Waals surface area contributed by atoms with Crippen molar-refractivity contribution in [1.82, 2.24) is 14.9 Å². The lowest BCUT2D eigenvalue weighted by molar-refractivity contribution is 0.122. The van der Waals surface area contributed by atoms with Crippen LogP contribution in [-0.2, 0) is 6.42 Å². The van der Waals surface area contributed by atoms with Gasteiger partial charge in [-0.1, -0.05) is 60.2 Å². The van der Waals surface area contributed by atoms with Crippen LogP contribution in [0.25, 0.3) is 11.4 Å². The predicted molar refractivity (Wildman–Crippen MR) is 127 cm³/mol. The van der Waals surface area contributed by atoms with Crippen LogP contribution in [0.2, 0.25) is 0 Å². The number of hydrogen-bond donors (Lipinski definition) is 1. The Morgan fingerprint density at radius 1 is 0.903 bits per heavy atom. The summed E-state index contributed by atoms with van der Waals surface area (Å²) < 4.78 is 0. The third kappa shape index (κ3) is 5.30. The molecule has 0 radical (unpaired) electrons. The molecule has 0 saturated carbocycles. The van der Waals surface area contributed by atoms with Gasteiger partial charge in [0.2, 0.25) is 0 Å². The summed E-state index contributed by atoms with van der Waals surface area (Å²) in [6, 6.07) is 18.9. The molecule has 0 bridgehead atoms. The molecule has 5 nitrogen and oxygen atoms in total. The second-order valence-electron chi connectivity index (χ2n) is 8.60. The van der Waals surface area contributed by atoms with Gasteiger partial charge in [0.1, 0.15) is 5.82 Å². The van der Waals surface area contributed by atoms with E-state index in [9.17, 15) is 5.11 Å². The Morgan fingerprint density at radius 3 is 2.23 bits per heavy atom. The average molecular weight is 417 g/mol. The Morgan fingerprint density at radius 2 is 1.58 bits per heavy atom. The number of β-amino-alcohol motifs (C(OH)–C–C–N with tert-alkyl or cyclic N) is 1. The van der Waals surface area contributed by atoms with Crippen molar-refractivity contribution in [3.8, 4) is 11.4 Å². The summed E-state index contributed by atoms with van der Waals surface area (Å²) in [5.41, 5.74) is 5.83. The number of nitrogens with zero attached hydrogens (tertiary/aromatic N) is 4. The van der Waals surface area contributed by atoms with Crippen molar-refractivity contribution in [2.75, 3.05) is 37.6 Å². The first-order valence-electron chi connectivity index (χ1n) is 11.1. The van der Waals surface area contributed by atoms with Crippen LogP contribution in [0.15, 0.2) is 54.6 Å². The standard InChI is InChI=1S/C26H32N4O/c1-19-9-11-22(12-10-19)17-24-21(3)27-25(23-7-5-4-6-8-23)28-26(24)30-15-13-29(14-16-30)18-20(2)31/h4-12,20,31H,13-18H2,1-3H3. The SMILES string of the molecule is Cc1ccc(Cc2c(C)nc(-c3ccccc3)nc2N2CCN(CC(C)O)CC2)cc1. The van der Waals surface area contributed by atoms with Crippen LogP contribution < -0.4 is 4.90 Å². The molecular formula is C26H32N4O. The van der Waals surface area contributed by atoms with Crippen LogP contribution >= 0.6 is 0 Å². The molecule has 0 spiro atoms. The number of anilines is 1. The zero-order valence-electron chi connectivity index (χ0n) is 18.8. The molecule has 1 aliphatic heterocycles. The summed E-state index contributed by atoms with van der Waals surface area (Å²) in [7, 11) is 0. The summed E-state index contributed by atoms with van der Waals surface area (Å²) in [6.45, 7) is 10.5. The third-order valence-electron chi connectivity index (χ3n) is 5.92. The number of benzene rings is 2. The average Bonchev–Trinajstić information content (AvgIpc) is 2.77. The monoisotopic (exact) mass is 416 g/mol. The molecule has 2 aromatic carbocycles. The molecule has 1 saturated heterocycles. The Hall–Kier alpha value is -2.76. The molecule has 5 heteroatoms. The summed E-state index contributed by atoms with van der Waals surface area (Å²) in [5, 5.41) is 9.74. The first-order valence-corrected chi connectivity index (χ1v) is 11.1. The van der Waals surface area contributed by atoms with E-state index in [4.69, 9.17) is 9.97 Å². The highest BCUT2D eigenvalue weighted by Gasteiger charge is 2.23. The van der Waals surface area contributed by atoms with Crippen molar-refractivity contribution >= 4 is 5.82 Å². The minimum absolute atomic E-state index is 0.297. The molecule has 1 aliphatic rings. The Kier molecular flexibility index (Phi) is 6.64. The van der Waals surface area contributed by atoms with E-state index in [-0.39, 0.29) is 6.10 Å². The molecule has 1 unspecified atom stereocenters. The largest absolute Gasteiger partial charge is 0.392 e. The number of rotatable bonds is 6. The Balaban J connectivity index is 1.67. The van der Waals surface area contributed by atoms with Gasteiger partial charge < -0.3 is 10.0 Å². The van der Waals surface area contributed by atoms with Gasteiger partial charge in [0, 0.05) is 56.0 Å². The van der Waals surface area contributed by atoms with Gasteiger partial charge in [0.05, 0.1) is 6.10 Å². The first kappa shape index (κ1) is 21.5. The summed E-state index contributed by atoms with van der Waals surface area (Å²) >= 11 is 0. The van der Waals surface area contributed by atoms with E-state index in [2.05, 4.69) is 60.0 Å². The van der Waals surface area contributed by atoms with Gasteiger partial charge in [-0.15, -0.1) is 0 Å². The molecule has 4 rings (SSSR count). The van der Waals surface area contributed by atoms with E-state index in [1.54, 1.807) is 0 Å². The maximum atomic E-state index is 9.74. The number of aromatic nitrogens is 2.